The van der Waals surface area contributed by atoms with E-state index in [4.69, 9.17) is 0 Å². The highest BCUT2D eigenvalue weighted by Crippen LogP contribution is 2.36. The minimum atomic E-state index is -4.75. The second-order valence-corrected chi connectivity index (χ2v) is 11.7. The molecule has 2 aromatic carbocycles. The molecule has 0 radical (unpaired) electrons. The van der Waals surface area contributed by atoms with Gasteiger partial charge >= 0.3 is 6.36 Å². The number of piperazine rings is 2. The third-order valence-electron chi connectivity index (χ3n) is 7.82. The standard InChI is InChI=1S/C30H39F3N4O3/c1-22(38)35-16-14-34(15-17-35)21-27(39)37-19-18-36(20-26(37)29(2,3)4)28(23-8-6-5-7-9-23)24-10-12-25(13-11-24)40-30(31,32)33/h5-13,26,28H,14-21H2,1-4H3/t26-,28?/m1/s1. The van der Waals surface area contributed by atoms with Crippen LogP contribution in [0.2, 0.25) is 0 Å². The van der Waals surface area contributed by atoms with Gasteiger partial charge in [0.05, 0.1) is 12.6 Å². The number of halogens is 3. The van der Waals surface area contributed by atoms with Gasteiger partial charge in [-0.2, -0.15) is 0 Å². The molecule has 2 aliphatic heterocycles. The van der Waals surface area contributed by atoms with Gasteiger partial charge in [0.2, 0.25) is 11.8 Å². The highest BCUT2D eigenvalue weighted by atomic mass is 19.4. The highest BCUT2D eigenvalue weighted by molar-refractivity contribution is 5.79. The van der Waals surface area contributed by atoms with E-state index >= 15 is 0 Å². The predicted molar refractivity (Wildman–Crippen MR) is 147 cm³/mol. The number of carbonyl (C=O) groups excluding carboxylic acids is 2. The van der Waals surface area contributed by atoms with Gasteiger partial charge in [-0.15, -0.1) is 13.2 Å². The average molecular weight is 561 g/mol. The summed E-state index contributed by atoms with van der Waals surface area (Å²) in [5, 5.41) is 0. The third kappa shape index (κ3) is 7.54. The minimum Gasteiger partial charge on any atom is -0.406 e. The van der Waals surface area contributed by atoms with Crippen molar-refractivity contribution >= 4 is 11.8 Å². The maximum absolute atomic E-state index is 13.6. The number of nitrogens with zero attached hydrogens (tertiary/aromatic N) is 4. The first-order valence-electron chi connectivity index (χ1n) is 13.7. The molecule has 2 fully saturated rings. The molecule has 40 heavy (non-hydrogen) atoms. The van der Waals surface area contributed by atoms with Crippen molar-refractivity contribution in [3.8, 4) is 5.75 Å². The minimum absolute atomic E-state index is 0.0605. The summed E-state index contributed by atoms with van der Waals surface area (Å²) in [6.07, 6.45) is -4.75. The molecule has 7 nitrogen and oxygen atoms in total. The molecule has 1 unspecified atom stereocenters. The van der Waals surface area contributed by atoms with Crippen molar-refractivity contribution in [2.75, 3.05) is 52.4 Å². The molecule has 4 rings (SSSR count). The van der Waals surface area contributed by atoms with Gasteiger partial charge in [0.1, 0.15) is 5.75 Å². The van der Waals surface area contributed by atoms with Crippen molar-refractivity contribution in [1.29, 1.82) is 0 Å². The zero-order valence-electron chi connectivity index (χ0n) is 23.7. The molecule has 0 spiro atoms. The Morgan fingerprint density at radius 3 is 2.02 bits per heavy atom. The Morgan fingerprint density at radius 1 is 0.875 bits per heavy atom. The van der Waals surface area contributed by atoms with Crippen LogP contribution in [0.15, 0.2) is 54.6 Å². The maximum Gasteiger partial charge on any atom is 0.573 e. The fourth-order valence-corrected chi connectivity index (χ4v) is 5.68. The van der Waals surface area contributed by atoms with Gasteiger partial charge in [0, 0.05) is 58.8 Å². The number of carbonyl (C=O) groups is 2. The molecule has 0 bridgehead atoms. The summed E-state index contributed by atoms with van der Waals surface area (Å²) >= 11 is 0. The number of benzene rings is 2. The lowest BCUT2D eigenvalue weighted by Gasteiger charge is -2.50. The summed E-state index contributed by atoms with van der Waals surface area (Å²) in [5.41, 5.74) is 1.69. The fraction of sp³-hybridized carbons (Fsp3) is 0.533. The van der Waals surface area contributed by atoms with Gasteiger partial charge in [-0.1, -0.05) is 63.2 Å². The Morgan fingerprint density at radius 2 is 1.48 bits per heavy atom. The van der Waals surface area contributed by atoms with Crippen LogP contribution in [0, 0.1) is 5.41 Å². The van der Waals surface area contributed by atoms with Gasteiger partial charge in [-0.05, 0) is 28.7 Å². The SMILES string of the molecule is CC(=O)N1CCN(CC(=O)N2CCN(C(c3ccccc3)c3ccc(OC(F)(F)F)cc3)C[C@@H]2C(C)(C)C)CC1. The largest absolute Gasteiger partial charge is 0.573 e. The molecule has 0 N–H and O–H groups in total. The van der Waals surface area contributed by atoms with Crippen LogP contribution >= 0.6 is 0 Å². The zero-order valence-corrected chi connectivity index (χ0v) is 23.7. The summed E-state index contributed by atoms with van der Waals surface area (Å²) in [6, 6.07) is 15.7. The molecule has 2 amide bonds. The van der Waals surface area contributed by atoms with E-state index in [1.165, 1.54) is 12.1 Å². The maximum atomic E-state index is 13.6. The number of hydrogen-bond donors (Lipinski definition) is 0. The Kier molecular flexibility index (Phi) is 9.09. The quantitative estimate of drug-likeness (QED) is 0.525. The van der Waals surface area contributed by atoms with Crippen molar-refractivity contribution in [2.24, 2.45) is 5.41 Å². The molecule has 0 aromatic heterocycles. The first-order valence-corrected chi connectivity index (χ1v) is 13.7. The first-order chi connectivity index (χ1) is 18.8. The van der Waals surface area contributed by atoms with E-state index in [9.17, 15) is 22.8 Å². The van der Waals surface area contributed by atoms with Gasteiger partial charge in [-0.3, -0.25) is 19.4 Å². The number of amides is 2. The van der Waals surface area contributed by atoms with Crippen LogP contribution in [0.5, 0.6) is 5.75 Å². The molecule has 2 saturated heterocycles. The van der Waals surface area contributed by atoms with E-state index in [1.807, 2.05) is 40.1 Å². The van der Waals surface area contributed by atoms with E-state index < -0.39 is 6.36 Å². The van der Waals surface area contributed by atoms with Crippen molar-refractivity contribution < 1.29 is 27.5 Å². The van der Waals surface area contributed by atoms with Crippen LogP contribution in [0.1, 0.15) is 44.9 Å². The molecule has 218 valence electrons. The summed E-state index contributed by atoms with van der Waals surface area (Å²) < 4.78 is 42.3. The number of ether oxygens (including phenoxy) is 1. The Balaban J connectivity index is 1.53. The second kappa shape index (κ2) is 12.2. The van der Waals surface area contributed by atoms with Gasteiger partial charge in [0.15, 0.2) is 0 Å². The summed E-state index contributed by atoms with van der Waals surface area (Å²) in [7, 11) is 0. The second-order valence-electron chi connectivity index (χ2n) is 11.7. The third-order valence-corrected chi connectivity index (χ3v) is 7.82. The van der Waals surface area contributed by atoms with Crippen molar-refractivity contribution in [1.82, 2.24) is 19.6 Å². The zero-order chi connectivity index (χ0) is 29.1. The summed E-state index contributed by atoms with van der Waals surface area (Å²) in [4.78, 5) is 33.5. The van der Waals surface area contributed by atoms with Gasteiger partial charge in [-0.25, -0.2) is 0 Å². The van der Waals surface area contributed by atoms with E-state index in [2.05, 4.69) is 35.3 Å². The molecule has 2 atom stereocenters. The molecule has 10 heteroatoms. The number of hydrogen-bond acceptors (Lipinski definition) is 5. The molecule has 2 aromatic rings. The smallest absolute Gasteiger partial charge is 0.406 e. The van der Waals surface area contributed by atoms with Crippen molar-refractivity contribution in [3.05, 3.63) is 65.7 Å². The molecule has 0 aliphatic carbocycles. The lowest BCUT2D eigenvalue weighted by Crippen LogP contribution is -2.62. The summed E-state index contributed by atoms with van der Waals surface area (Å²) in [6.45, 7) is 12.7. The summed E-state index contributed by atoms with van der Waals surface area (Å²) in [5.74, 6) is -0.110. The number of rotatable bonds is 6. The highest BCUT2D eigenvalue weighted by Gasteiger charge is 2.40. The molecule has 2 heterocycles. The number of alkyl halides is 3. The monoisotopic (exact) mass is 560 g/mol. The Labute approximate surface area is 234 Å². The van der Waals surface area contributed by atoms with E-state index in [1.54, 1.807) is 19.1 Å². The lowest BCUT2D eigenvalue weighted by molar-refractivity contribution is -0.274. The Bertz CT molecular complexity index is 1140. The van der Waals surface area contributed by atoms with Crippen LogP contribution in [0.25, 0.3) is 0 Å². The first kappa shape index (κ1) is 29.9. The van der Waals surface area contributed by atoms with Crippen LogP contribution in [-0.4, -0.2) is 96.2 Å². The topological polar surface area (TPSA) is 56.3 Å². The van der Waals surface area contributed by atoms with Crippen LogP contribution in [0.4, 0.5) is 13.2 Å². The molecular weight excluding hydrogens is 521 g/mol. The molecule has 0 saturated carbocycles. The normalized spacial score (nSPS) is 20.3. The Hall–Kier alpha value is -3.11. The fourth-order valence-electron chi connectivity index (χ4n) is 5.68. The van der Waals surface area contributed by atoms with Crippen LogP contribution < -0.4 is 4.74 Å². The van der Waals surface area contributed by atoms with Gasteiger partial charge < -0.3 is 14.5 Å². The van der Waals surface area contributed by atoms with Crippen molar-refractivity contribution in [3.63, 3.8) is 0 Å². The van der Waals surface area contributed by atoms with Crippen molar-refractivity contribution in [2.45, 2.75) is 46.1 Å². The van der Waals surface area contributed by atoms with E-state index in [0.29, 0.717) is 52.4 Å². The predicted octanol–water partition coefficient (Wildman–Crippen LogP) is 4.40. The van der Waals surface area contributed by atoms with E-state index in [0.717, 1.165) is 11.1 Å². The van der Waals surface area contributed by atoms with Gasteiger partial charge in [0.25, 0.3) is 0 Å². The lowest BCUT2D eigenvalue weighted by atomic mass is 9.83. The van der Waals surface area contributed by atoms with E-state index in [-0.39, 0.29) is 35.1 Å². The molecule has 2 aliphatic rings. The molecular formula is C30H39F3N4O3. The van der Waals surface area contributed by atoms with Crippen LogP contribution in [0.3, 0.4) is 0 Å². The average Bonchev–Trinajstić information content (AvgIpc) is 2.89. The van der Waals surface area contributed by atoms with Crippen LogP contribution in [-0.2, 0) is 9.59 Å².